The fourth-order valence-corrected chi connectivity index (χ4v) is 3.19. The number of carbonyl (C=O) groups is 5. The molecule has 200 valence electrons. The maximum atomic E-state index is 12.9. The monoisotopic (exact) mass is 510 g/mol. The smallest absolute Gasteiger partial charge is 0.326 e. The third kappa shape index (κ3) is 10.3. The number of aliphatic hydroxyl groups is 1. The molecule has 0 aliphatic rings. The Morgan fingerprint density at radius 3 is 1.81 bits per heavy atom. The van der Waals surface area contributed by atoms with Gasteiger partial charge in [0.1, 0.15) is 29.9 Å². The lowest BCUT2D eigenvalue weighted by molar-refractivity contribution is -0.143. The van der Waals surface area contributed by atoms with Gasteiger partial charge in [-0.15, -0.1) is 0 Å². The van der Waals surface area contributed by atoms with Crippen molar-refractivity contribution in [3.8, 4) is 5.75 Å². The molecule has 0 aliphatic carbocycles. The molecule has 0 bridgehead atoms. The zero-order valence-electron chi connectivity index (χ0n) is 20.3. The lowest BCUT2D eigenvalue weighted by Gasteiger charge is -2.26. The van der Waals surface area contributed by atoms with Crippen LogP contribution in [0.25, 0.3) is 0 Å². The molecule has 0 aromatic heterocycles. The Balaban J connectivity index is 3.03. The second-order valence-electron chi connectivity index (χ2n) is 8.89. The fourth-order valence-electron chi connectivity index (χ4n) is 3.19. The number of aliphatic carboxylic acids is 2. The third-order valence-electron chi connectivity index (χ3n) is 5.17. The van der Waals surface area contributed by atoms with Crippen LogP contribution in [0.2, 0.25) is 0 Å². The molecule has 0 spiro atoms. The second kappa shape index (κ2) is 14.0. The van der Waals surface area contributed by atoms with Crippen LogP contribution in [-0.2, 0) is 30.4 Å². The highest BCUT2D eigenvalue weighted by Gasteiger charge is 2.32. The maximum Gasteiger partial charge on any atom is 0.326 e. The zero-order chi connectivity index (χ0) is 27.6. The summed E-state index contributed by atoms with van der Waals surface area (Å²) in [6, 6.07) is 0.00197. The summed E-state index contributed by atoms with van der Waals surface area (Å²) in [5.41, 5.74) is 6.08. The summed E-state index contributed by atoms with van der Waals surface area (Å²) in [6.45, 7) is 4.83. The Labute approximate surface area is 208 Å². The summed E-state index contributed by atoms with van der Waals surface area (Å²) in [4.78, 5) is 61.0. The zero-order valence-corrected chi connectivity index (χ0v) is 20.3. The van der Waals surface area contributed by atoms with Gasteiger partial charge in [-0.05, 0) is 37.0 Å². The minimum atomic E-state index is -1.64. The van der Waals surface area contributed by atoms with E-state index in [0.29, 0.717) is 5.56 Å². The lowest BCUT2D eigenvalue weighted by Crippen LogP contribution is -2.58. The van der Waals surface area contributed by atoms with Crippen molar-refractivity contribution in [1.29, 1.82) is 0 Å². The van der Waals surface area contributed by atoms with Gasteiger partial charge in [0.2, 0.25) is 17.7 Å². The van der Waals surface area contributed by atoms with E-state index in [-0.39, 0.29) is 24.5 Å². The van der Waals surface area contributed by atoms with Gasteiger partial charge in [-0.2, -0.15) is 0 Å². The van der Waals surface area contributed by atoms with Crippen LogP contribution in [0.1, 0.15) is 39.2 Å². The van der Waals surface area contributed by atoms with Crippen molar-refractivity contribution in [3.63, 3.8) is 0 Å². The predicted molar refractivity (Wildman–Crippen MR) is 127 cm³/mol. The van der Waals surface area contributed by atoms with Crippen molar-refractivity contribution in [2.75, 3.05) is 0 Å². The predicted octanol–water partition coefficient (Wildman–Crippen LogP) is -1.30. The van der Waals surface area contributed by atoms with Crippen LogP contribution >= 0.6 is 0 Å². The summed E-state index contributed by atoms with van der Waals surface area (Å²) in [6.07, 6.45) is -2.10. The van der Waals surface area contributed by atoms with Crippen LogP contribution in [0.3, 0.4) is 0 Å². The minimum absolute atomic E-state index is 0.0312. The van der Waals surface area contributed by atoms with E-state index in [1.807, 2.05) is 0 Å². The summed E-state index contributed by atoms with van der Waals surface area (Å²) in [5, 5.41) is 44.5. The molecular formula is C23H34N4O9. The van der Waals surface area contributed by atoms with Gasteiger partial charge in [0.05, 0.1) is 12.5 Å². The molecule has 3 amide bonds. The first-order valence-corrected chi connectivity index (χ1v) is 11.3. The average Bonchev–Trinajstić information content (AvgIpc) is 2.77. The normalized spacial score (nSPS) is 15.2. The van der Waals surface area contributed by atoms with Crippen LogP contribution in [0.4, 0.5) is 0 Å². The number of hydrogen-bond acceptors (Lipinski definition) is 8. The van der Waals surface area contributed by atoms with E-state index in [1.165, 1.54) is 31.2 Å². The molecule has 0 fully saturated rings. The van der Waals surface area contributed by atoms with Gasteiger partial charge in [-0.25, -0.2) is 4.79 Å². The second-order valence-corrected chi connectivity index (χ2v) is 8.89. The van der Waals surface area contributed by atoms with Gasteiger partial charge in [0.15, 0.2) is 0 Å². The molecule has 0 aliphatic heterocycles. The molecule has 0 saturated heterocycles. The molecular weight excluding hydrogens is 476 g/mol. The highest BCUT2D eigenvalue weighted by Crippen LogP contribution is 2.12. The molecule has 13 nitrogen and oxygen atoms in total. The number of aliphatic hydroxyl groups excluding tert-OH is 1. The number of benzene rings is 1. The highest BCUT2D eigenvalue weighted by molar-refractivity contribution is 5.95. The number of carboxylic acid groups (broad SMARTS) is 2. The first-order valence-electron chi connectivity index (χ1n) is 11.3. The van der Waals surface area contributed by atoms with Gasteiger partial charge < -0.3 is 42.1 Å². The van der Waals surface area contributed by atoms with Crippen LogP contribution in [0, 0.1) is 5.92 Å². The van der Waals surface area contributed by atoms with Crippen molar-refractivity contribution >= 4 is 29.7 Å². The van der Waals surface area contributed by atoms with Gasteiger partial charge in [0, 0.05) is 6.42 Å². The number of amides is 3. The lowest BCUT2D eigenvalue weighted by atomic mass is 10.0. The number of aromatic hydroxyl groups is 1. The number of carbonyl (C=O) groups excluding carboxylic acids is 3. The molecule has 1 rings (SSSR count). The first kappa shape index (κ1) is 30.3. The van der Waals surface area contributed by atoms with Crippen molar-refractivity contribution in [2.24, 2.45) is 11.7 Å². The first-order chi connectivity index (χ1) is 16.7. The highest BCUT2D eigenvalue weighted by atomic mass is 16.4. The van der Waals surface area contributed by atoms with Gasteiger partial charge in [-0.1, -0.05) is 26.0 Å². The Kier molecular flexibility index (Phi) is 11.8. The van der Waals surface area contributed by atoms with Gasteiger partial charge >= 0.3 is 11.9 Å². The van der Waals surface area contributed by atoms with Gasteiger partial charge in [0.25, 0.3) is 0 Å². The quantitative estimate of drug-likeness (QED) is 0.147. The average molecular weight is 511 g/mol. The van der Waals surface area contributed by atoms with E-state index in [2.05, 4.69) is 16.0 Å². The van der Waals surface area contributed by atoms with E-state index < -0.39 is 66.4 Å². The molecule has 5 atom stereocenters. The fraction of sp³-hybridized carbons (Fsp3) is 0.522. The van der Waals surface area contributed by atoms with E-state index in [4.69, 9.17) is 5.73 Å². The number of carboxylic acids is 2. The Hall–Kier alpha value is -3.71. The number of hydrogen-bond donors (Lipinski definition) is 8. The molecule has 0 saturated carbocycles. The molecule has 9 N–H and O–H groups in total. The number of nitrogens with one attached hydrogen (secondary N) is 3. The number of phenolic OH excluding ortho intramolecular Hbond substituents is 1. The largest absolute Gasteiger partial charge is 0.508 e. The molecule has 5 unspecified atom stereocenters. The molecule has 0 radical (unpaired) electrons. The minimum Gasteiger partial charge on any atom is -0.508 e. The molecule has 13 heteroatoms. The topological polar surface area (TPSA) is 228 Å². The van der Waals surface area contributed by atoms with E-state index in [0.717, 1.165) is 0 Å². The van der Waals surface area contributed by atoms with E-state index in [1.54, 1.807) is 13.8 Å². The number of nitrogens with two attached hydrogens (primary N) is 1. The summed E-state index contributed by atoms with van der Waals surface area (Å²) < 4.78 is 0. The van der Waals surface area contributed by atoms with Crippen molar-refractivity contribution in [3.05, 3.63) is 29.8 Å². The van der Waals surface area contributed by atoms with Crippen molar-refractivity contribution in [1.82, 2.24) is 16.0 Å². The summed E-state index contributed by atoms with van der Waals surface area (Å²) >= 11 is 0. The molecule has 1 aromatic rings. The Morgan fingerprint density at radius 2 is 1.33 bits per heavy atom. The van der Waals surface area contributed by atoms with Gasteiger partial charge in [-0.3, -0.25) is 19.2 Å². The van der Waals surface area contributed by atoms with E-state index >= 15 is 0 Å². The number of rotatable bonds is 14. The Bertz CT molecular complexity index is 934. The Morgan fingerprint density at radius 1 is 0.833 bits per heavy atom. The van der Waals surface area contributed by atoms with E-state index in [9.17, 15) is 44.4 Å². The summed E-state index contributed by atoms with van der Waals surface area (Å²) in [5.74, 6) is -5.69. The van der Waals surface area contributed by atoms with Crippen molar-refractivity contribution in [2.45, 2.75) is 70.3 Å². The standard InChI is InChI=1S/C23H34N4O9/c1-11(2)8-15(26-22(34)19(24)12(3)28)20(32)25-16(10-18(30)31)21(33)27-17(23(35)36)9-13-4-6-14(29)7-5-13/h4-7,11-12,15-17,19,28-29H,8-10,24H2,1-3H3,(H,25,32)(H,26,34)(H,27,33)(H,30,31)(H,35,36). The number of phenols is 1. The molecule has 0 heterocycles. The third-order valence-corrected chi connectivity index (χ3v) is 5.17. The van der Waals surface area contributed by atoms with Crippen LogP contribution in [0.15, 0.2) is 24.3 Å². The molecule has 36 heavy (non-hydrogen) atoms. The molecule has 1 aromatic carbocycles. The van der Waals surface area contributed by atoms with Crippen molar-refractivity contribution < 1.29 is 44.4 Å². The summed E-state index contributed by atoms with van der Waals surface area (Å²) in [7, 11) is 0. The van der Waals surface area contributed by atoms with Crippen LogP contribution in [-0.4, -0.2) is 80.4 Å². The van der Waals surface area contributed by atoms with Crippen LogP contribution < -0.4 is 21.7 Å². The maximum absolute atomic E-state index is 12.9. The SMILES string of the molecule is CC(C)CC(NC(=O)C(N)C(C)O)C(=O)NC(CC(=O)O)C(=O)NC(Cc1ccc(O)cc1)C(=O)O. The van der Waals surface area contributed by atoms with Crippen LogP contribution in [0.5, 0.6) is 5.75 Å².